The van der Waals surface area contributed by atoms with Crippen LogP contribution in [0.2, 0.25) is 0 Å². The van der Waals surface area contributed by atoms with Gasteiger partial charge in [-0.2, -0.15) is 0 Å². The first-order valence-electron chi connectivity index (χ1n) is 6.79. The molecule has 3 rings (SSSR count). The smallest absolute Gasteiger partial charge is 0.275 e. The van der Waals surface area contributed by atoms with Gasteiger partial charge in [0, 0.05) is 29.6 Å². The van der Waals surface area contributed by atoms with Crippen molar-refractivity contribution in [2.24, 2.45) is 5.73 Å². The number of nitrogens with two attached hydrogens (primary N) is 1. The molecule has 0 aliphatic heterocycles. The summed E-state index contributed by atoms with van der Waals surface area (Å²) in [5, 5.41) is 5.18. The normalized spacial score (nSPS) is 13.9. The molecule has 5 nitrogen and oxygen atoms in total. The van der Waals surface area contributed by atoms with Crippen molar-refractivity contribution in [1.29, 1.82) is 0 Å². The second-order valence-corrected chi connectivity index (χ2v) is 5.88. The molecule has 1 amide bonds. The van der Waals surface area contributed by atoms with E-state index in [0.717, 1.165) is 29.0 Å². The number of carbonyl (C=O) groups is 2. The third kappa shape index (κ3) is 2.86. The monoisotopic (exact) mass is 301 g/mol. The van der Waals surface area contributed by atoms with Crippen molar-refractivity contribution in [3.05, 3.63) is 45.4 Å². The van der Waals surface area contributed by atoms with Gasteiger partial charge in [-0.25, -0.2) is 4.98 Å². The quantitative estimate of drug-likeness (QED) is 0.911. The second-order valence-electron chi connectivity index (χ2n) is 4.93. The molecule has 2 aromatic rings. The topological polar surface area (TPSA) is 85.1 Å². The lowest BCUT2D eigenvalue weighted by atomic mass is 9.90. The number of nitrogens with zero attached hydrogens (tertiary/aromatic N) is 1. The van der Waals surface area contributed by atoms with E-state index in [1.807, 2.05) is 12.1 Å². The summed E-state index contributed by atoms with van der Waals surface area (Å²) in [6.07, 6.45) is 2.40. The van der Waals surface area contributed by atoms with Gasteiger partial charge in [-0.3, -0.25) is 9.59 Å². The number of Topliss-reactive ketones (excluding diaryl/α,β-unsaturated/α-hetero) is 1. The zero-order valence-electron chi connectivity index (χ0n) is 11.4. The summed E-state index contributed by atoms with van der Waals surface area (Å²) in [6.45, 7) is 0.325. The molecule has 0 atom stereocenters. The number of hydrogen-bond donors (Lipinski definition) is 2. The van der Waals surface area contributed by atoms with Gasteiger partial charge in [0.1, 0.15) is 10.7 Å². The Hall–Kier alpha value is -2.05. The number of rotatable bonds is 3. The summed E-state index contributed by atoms with van der Waals surface area (Å²) in [7, 11) is 0. The molecule has 108 valence electrons. The summed E-state index contributed by atoms with van der Waals surface area (Å²) in [5.74, 6) is -0.138. The first kappa shape index (κ1) is 13.9. The Balaban J connectivity index is 1.80. The highest BCUT2D eigenvalue weighted by molar-refractivity contribution is 7.09. The summed E-state index contributed by atoms with van der Waals surface area (Å²) in [6, 6.07) is 5.49. The lowest BCUT2D eigenvalue weighted by Crippen LogP contribution is -2.15. The van der Waals surface area contributed by atoms with Gasteiger partial charge in [-0.05, 0) is 30.5 Å². The van der Waals surface area contributed by atoms with Crippen molar-refractivity contribution >= 4 is 28.7 Å². The molecule has 6 heteroatoms. The second kappa shape index (κ2) is 5.75. The Bertz CT molecular complexity index is 709. The highest BCUT2D eigenvalue weighted by Gasteiger charge is 2.18. The van der Waals surface area contributed by atoms with E-state index in [9.17, 15) is 9.59 Å². The number of ketones is 1. The van der Waals surface area contributed by atoms with E-state index in [1.54, 1.807) is 11.4 Å². The average molecular weight is 301 g/mol. The maximum Gasteiger partial charge on any atom is 0.275 e. The van der Waals surface area contributed by atoms with Crippen LogP contribution in [0.5, 0.6) is 0 Å². The van der Waals surface area contributed by atoms with Crippen LogP contribution in [0.3, 0.4) is 0 Å². The number of hydrogen-bond acceptors (Lipinski definition) is 5. The third-order valence-electron chi connectivity index (χ3n) is 3.48. The van der Waals surface area contributed by atoms with Crippen LogP contribution in [0, 0.1) is 0 Å². The van der Waals surface area contributed by atoms with Crippen LogP contribution < -0.4 is 11.1 Å². The van der Waals surface area contributed by atoms with Crippen LogP contribution in [0.1, 0.15) is 44.3 Å². The number of aryl methyl sites for hydroxylation is 1. The van der Waals surface area contributed by atoms with E-state index in [1.165, 1.54) is 11.3 Å². The van der Waals surface area contributed by atoms with Gasteiger partial charge in [0.2, 0.25) is 0 Å². The minimum atomic E-state index is -0.283. The first-order chi connectivity index (χ1) is 10.2. The van der Waals surface area contributed by atoms with E-state index in [-0.39, 0.29) is 11.7 Å². The zero-order chi connectivity index (χ0) is 14.8. The van der Waals surface area contributed by atoms with Crippen molar-refractivity contribution in [3.8, 4) is 0 Å². The fraction of sp³-hybridized carbons (Fsp3) is 0.267. The molecule has 1 aromatic heterocycles. The molecule has 21 heavy (non-hydrogen) atoms. The fourth-order valence-electron chi connectivity index (χ4n) is 2.41. The molecule has 0 saturated carbocycles. The SMILES string of the molecule is NCc1nc(C(=O)Nc2ccc3c(c2)C(=O)CCC3)cs1. The van der Waals surface area contributed by atoms with Gasteiger partial charge in [0.05, 0.1) is 0 Å². The Morgan fingerprint density at radius 1 is 1.38 bits per heavy atom. The van der Waals surface area contributed by atoms with Gasteiger partial charge >= 0.3 is 0 Å². The van der Waals surface area contributed by atoms with Crippen molar-refractivity contribution in [2.75, 3.05) is 5.32 Å². The number of amides is 1. The Morgan fingerprint density at radius 3 is 3.00 bits per heavy atom. The number of thiazole rings is 1. The average Bonchev–Trinajstić information content (AvgIpc) is 2.97. The maximum absolute atomic E-state index is 12.1. The Morgan fingerprint density at radius 2 is 2.24 bits per heavy atom. The fourth-order valence-corrected chi connectivity index (χ4v) is 3.06. The highest BCUT2D eigenvalue weighted by atomic mass is 32.1. The summed E-state index contributed by atoms with van der Waals surface area (Å²) in [5.41, 5.74) is 8.24. The Kier molecular flexibility index (Phi) is 3.81. The molecule has 1 heterocycles. The van der Waals surface area contributed by atoms with Gasteiger partial charge in [-0.1, -0.05) is 6.07 Å². The van der Waals surface area contributed by atoms with Gasteiger partial charge in [0.25, 0.3) is 5.91 Å². The lowest BCUT2D eigenvalue weighted by molar-refractivity contribution is 0.0970. The molecular formula is C15H15N3O2S. The maximum atomic E-state index is 12.1. The van der Waals surface area contributed by atoms with Crippen molar-refractivity contribution < 1.29 is 9.59 Å². The molecule has 1 aromatic carbocycles. The molecular weight excluding hydrogens is 286 g/mol. The molecule has 0 radical (unpaired) electrons. The van der Waals surface area contributed by atoms with E-state index in [0.29, 0.717) is 24.3 Å². The first-order valence-corrected chi connectivity index (χ1v) is 7.67. The zero-order valence-corrected chi connectivity index (χ0v) is 12.2. The number of benzene rings is 1. The summed E-state index contributed by atoms with van der Waals surface area (Å²) >= 11 is 1.36. The molecule has 0 saturated heterocycles. The van der Waals surface area contributed by atoms with E-state index >= 15 is 0 Å². The van der Waals surface area contributed by atoms with Crippen LogP contribution in [-0.2, 0) is 13.0 Å². The van der Waals surface area contributed by atoms with Crippen molar-refractivity contribution in [2.45, 2.75) is 25.8 Å². The molecule has 1 aliphatic rings. The molecule has 0 unspecified atom stereocenters. The lowest BCUT2D eigenvalue weighted by Gasteiger charge is -2.15. The third-order valence-corrected chi connectivity index (χ3v) is 4.35. The van der Waals surface area contributed by atoms with Crippen molar-refractivity contribution in [3.63, 3.8) is 0 Å². The van der Waals surface area contributed by atoms with Gasteiger partial charge in [-0.15, -0.1) is 11.3 Å². The Labute approximate surface area is 126 Å². The van der Waals surface area contributed by atoms with Crippen LogP contribution in [0.15, 0.2) is 23.6 Å². The molecule has 0 bridgehead atoms. The molecule has 0 spiro atoms. The predicted molar refractivity (Wildman–Crippen MR) is 81.7 cm³/mol. The number of nitrogens with one attached hydrogen (secondary N) is 1. The minimum Gasteiger partial charge on any atom is -0.325 e. The van der Waals surface area contributed by atoms with E-state index in [2.05, 4.69) is 10.3 Å². The number of fused-ring (bicyclic) bond motifs is 1. The van der Waals surface area contributed by atoms with Crippen LogP contribution >= 0.6 is 11.3 Å². The van der Waals surface area contributed by atoms with Crippen LogP contribution in [0.4, 0.5) is 5.69 Å². The predicted octanol–water partition coefficient (Wildman–Crippen LogP) is 2.37. The molecule has 3 N–H and O–H groups in total. The van der Waals surface area contributed by atoms with Gasteiger partial charge < -0.3 is 11.1 Å². The van der Waals surface area contributed by atoms with Crippen LogP contribution in [0.25, 0.3) is 0 Å². The molecule has 1 aliphatic carbocycles. The highest BCUT2D eigenvalue weighted by Crippen LogP contribution is 2.24. The largest absolute Gasteiger partial charge is 0.325 e. The van der Waals surface area contributed by atoms with Gasteiger partial charge in [0.15, 0.2) is 5.78 Å². The number of anilines is 1. The van der Waals surface area contributed by atoms with E-state index in [4.69, 9.17) is 5.73 Å². The van der Waals surface area contributed by atoms with E-state index < -0.39 is 0 Å². The summed E-state index contributed by atoms with van der Waals surface area (Å²) < 4.78 is 0. The standard InChI is InChI=1S/C15H15N3O2S/c16-7-14-18-12(8-21-14)15(20)17-10-5-4-9-2-1-3-13(19)11(9)6-10/h4-6,8H,1-3,7,16H2,(H,17,20). The van der Waals surface area contributed by atoms with Crippen molar-refractivity contribution in [1.82, 2.24) is 4.98 Å². The number of aromatic nitrogens is 1. The van der Waals surface area contributed by atoms with Crippen LogP contribution in [-0.4, -0.2) is 16.7 Å². The number of carbonyl (C=O) groups excluding carboxylic acids is 2. The summed E-state index contributed by atoms with van der Waals surface area (Å²) in [4.78, 5) is 28.1. The minimum absolute atomic E-state index is 0.145. The molecule has 0 fully saturated rings.